The van der Waals surface area contributed by atoms with Crippen LogP contribution >= 0.6 is 0 Å². The van der Waals surface area contributed by atoms with Crippen molar-refractivity contribution < 1.29 is 4.79 Å². The van der Waals surface area contributed by atoms with Gasteiger partial charge < -0.3 is 0 Å². The van der Waals surface area contributed by atoms with Gasteiger partial charge in [0.25, 0.3) is 0 Å². The maximum Gasteiger partial charge on any atom is 0.138 e. The molecule has 1 radical (unpaired) electrons. The summed E-state index contributed by atoms with van der Waals surface area (Å²) in [7, 11) is 0. The lowest BCUT2D eigenvalue weighted by Gasteiger charge is -2.21. The molecule has 2 atom stereocenters. The second-order valence-corrected chi connectivity index (χ2v) is 2.93. The molecule has 51 valence electrons. The molecule has 0 aromatic carbocycles. The summed E-state index contributed by atoms with van der Waals surface area (Å²) in [5, 5.41) is 0. The highest BCUT2D eigenvalue weighted by molar-refractivity contribution is 5.84. The Bertz CT molecular complexity index is 106. The normalized spacial score (nSPS) is 36.9. The Morgan fingerprint density at radius 1 is 1.56 bits per heavy atom. The minimum atomic E-state index is 0.0914. The predicted octanol–water partition coefficient (Wildman–Crippen LogP) is 1.83. The van der Waals surface area contributed by atoms with Crippen LogP contribution in [0.5, 0.6) is 0 Å². The van der Waals surface area contributed by atoms with Crippen molar-refractivity contribution in [2.45, 2.75) is 26.2 Å². The van der Waals surface area contributed by atoms with Crippen molar-refractivity contribution in [3.05, 3.63) is 6.92 Å². The van der Waals surface area contributed by atoms with Gasteiger partial charge in [-0.15, -0.1) is 0 Å². The maximum absolute atomic E-state index is 11.1. The van der Waals surface area contributed by atoms with E-state index in [1.54, 1.807) is 0 Å². The van der Waals surface area contributed by atoms with Gasteiger partial charge in [0, 0.05) is 11.8 Å². The van der Waals surface area contributed by atoms with E-state index in [1.165, 1.54) is 6.42 Å². The highest BCUT2D eigenvalue weighted by Gasteiger charge is 2.23. The predicted molar refractivity (Wildman–Crippen MR) is 36.9 cm³/mol. The second kappa shape index (κ2) is 2.51. The first kappa shape index (κ1) is 6.79. The molecule has 0 heterocycles. The SMILES string of the molecule is [CH2]C1CCCC(C)C1=O. The smallest absolute Gasteiger partial charge is 0.138 e. The monoisotopic (exact) mass is 125 g/mol. The van der Waals surface area contributed by atoms with Gasteiger partial charge in [-0.3, -0.25) is 4.79 Å². The summed E-state index contributed by atoms with van der Waals surface area (Å²) in [6, 6.07) is 0. The highest BCUT2D eigenvalue weighted by atomic mass is 16.1. The molecule has 9 heavy (non-hydrogen) atoms. The Morgan fingerprint density at radius 2 is 2.22 bits per heavy atom. The Labute approximate surface area is 56.4 Å². The van der Waals surface area contributed by atoms with Crippen LogP contribution in [0, 0.1) is 18.8 Å². The van der Waals surface area contributed by atoms with Crippen molar-refractivity contribution in [3.63, 3.8) is 0 Å². The van der Waals surface area contributed by atoms with E-state index >= 15 is 0 Å². The number of carbonyl (C=O) groups excluding carboxylic acids is 1. The van der Waals surface area contributed by atoms with E-state index in [2.05, 4.69) is 6.92 Å². The van der Waals surface area contributed by atoms with Gasteiger partial charge in [0.05, 0.1) is 0 Å². The molecular weight excluding hydrogens is 112 g/mol. The Morgan fingerprint density at radius 3 is 2.67 bits per heavy atom. The quantitative estimate of drug-likeness (QED) is 0.482. The third-order valence-corrected chi connectivity index (χ3v) is 2.08. The lowest BCUT2D eigenvalue weighted by atomic mass is 9.82. The average molecular weight is 125 g/mol. The van der Waals surface area contributed by atoms with Gasteiger partial charge in [-0.05, 0) is 19.8 Å². The molecule has 1 aliphatic rings. The summed E-state index contributed by atoms with van der Waals surface area (Å²) >= 11 is 0. The molecule has 0 amide bonds. The number of carbonyl (C=O) groups is 1. The van der Waals surface area contributed by atoms with Crippen LogP contribution in [-0.4, -0.2) is 5.78 Å². The summed E-state index contributed by atoms with van der Waals surface area (Å²) in [4.78, 5) is 11.1. The minimum absolute atomic E-state index is 0.0914. The largest absolute Gasteiger partial charge is 0.299 e. The third kappa shape index (κ3) is 1.32. The van der Waals surface area contributed by atoms with Gasteiger partial charge in [0.15, 0.2) is 0 Å². The zero-order chi connectivity index (χ0) is 6.85. The van der Waals surface area contributed by atoms with E-state index in [-0.39, 0.29) is 11.8 Å². The first-order valence-electron chi connectivity index (χ1n) is 3.58. The molecule has 1 rings (SSSR count). The van der Waals surface area contributed by atoms with E-state index in [9.17, 15) is 4.79 Å². The van der Waals surface area contributed by atoms with Crippen LogP contribution in [0.2, 0.25) is 0 Å². The summed E-state index contributed by atoms with van der Waals surface area (Å²) in [6.45, 7) is 5.78. The molecule has 0 N–H and O–H groups in total. The topological polar surface area (TPSA) is 17.1 Å². The lowest BCUT2D eigenvalue weighted by molar-refractivity contribution is -0.126. The van der Waals surface area contributed by atoms with Crippen LogP contribution < -0.4 is 0 Å². The molecule has 0 aliphatic heterocycles. The molecule has 0 bridgehead atoms. The van der Waals surface area contributed by atoms with Gasteiger partial charge in [-0.1, -0.05) is 13.3 Å². The fourth-order valence-electron chi connectivity index (χ4n) is 1.36. The second-order valence-electron chi connectivity index (χ2n) is 2.93. The van der Waals surface area contributed by atoms with Gasteiger partial charge in [0.1, 0.15) is 5.78 Å². The number of rotatable bonds is 0. The molecule has 0 spiro atoms. The molecule has 2 unspecified atom stereocenters. The van der Waals surface area contributed by atoms with Crippen molar-refractivity contribution in [1.29, 1.82) is 0 Å². The zero-order valence-electron chi connectivity index (χ0n) is 5.89. The minimum Gasteiger partial charge on any atom is -0.299 e. The van der Waals surface area contributed by atoms with Crippen molar-refractivity contribution in [3.8, 4) is 0 Å². The van der Waals surface area contributed by atoms with Gasteiger partial charge in [-0.25, -0.2) is 0 Å². The van der Waals surface area contributed by atoms with Gasteiger partial charge in [-0.2, -0.15) is 0 Å². The summed E-state index contributed by atoms with van der Waals surface area (Å²) < 4.78 is 0. The van der Waals surface area contributed by atoms with E-state index < -0.39 is 0 Å². The summed E-state index contributed by atoms with van der Waals surface area (Å²) in [5.41, 5.74) is 0. The summed E-state index contributed by atoms with van der Waals surface area (Å²) in [5.74, 6) is 0.733. The molecule has 1 heteroatoms. The van der Waals surface area contributed by atoms with Crippen molar-refractivity contribution in [2.24, 2.45) is 11.8 Å². The fraction of sp³-hybridized carbons (Fsp3) is 0.750. The first-order valence-corrected chi connectivity index (χ1v) is 3.58. The van der Waals surface area contributed by atoms with E-state index in [1.807, 2.05) is 6.92 Å². The van der Waals surface area contributed by atoms with E-state index in [4.69, 9.17) is 0 Å². The van der Waals surface area contributed by atoms with Crippen molar-refractivity contribution in [2.75, 3.05) is 0 Å². The first-order chi connectivity index (χ1) is 4.22. The van der Waals surface area contributed by atoms with Crippen LogP contribution in [-0.2, 0) is 4.79 Å². The van der Waals surface area contributed by atoms with E-state index in [0.29, 0.717) is 5.78 Å². The van der Waals surface area contributed by atoms with Crippen molar-refractivity contribution in [1.82, 2.24) is 0 Å². The zero-order valence-corrected chi connectivity index (χ0v) is 5.89. The van der Waals surface area contributed by atoms with Crippen LogP contribution in [0.3, 0.4) is 0 Å². The van der Waals surface area contributed by atoms with Crippen LogP contribution in [0.15, 0.2) is 0 Å². The number of ketones is 1. The van der Waals surface area contributed by atoms with Crippen LogP contribution in [0.1, 0.15) is 26.2 Å². The number of hydrogen-bond donors (Lipinski definition) is 0. The third-order valence-electron chi connectivity index (χ3n) is 2.08. The number of Topliss-reactive ketones (excluding diaryl/α,β-unsaturated/α-hetero) is 1. The van der Waals surface area contributed by atoms with Gasteiger partial charge >= 0.3 is 0 Å². The Kier molecular flexibility index (Phi) is 1.89. The number of hydrogen-bond acceptors (Lipinski definition) is 1. The standard InChI is InChI=1S/C8H13O/c1-6-4-3-5-7(2)8(6)9/h6-7H,1,3-5H2,2H3. The average Bonchev–Trinajstić information content (AvgIpc) is 1.83. The maximum atomic E-state index is 11.1. The van der Waals surface area contributed by atoms with Crippen LogP contribution in [0.25, 0.3) is 0 Å². The fourth-order valence-corrected chi connectivity index (χ4v) is 1.36. The molecule has 1 aliphatic carbocycles. The van der Waals surface area contributed by atoms with Crippen molar-refractivity contribution >= 4 is 5.78 Å². The van der Waals surface area contributed by atoms with E-state index in [0.717, 1.165) is 12.8 Å². The molecule has 1 saturated carbocycles. The molecule has 0 aromatic heterocycles. The Hall–Kier alpha value is -0.330. The Balaban J connectivity index is 2.52. The van der Waals surface area contributed by atoms with Crippen LogP contribution in [0.4, 0.5) is 0 Å². The highest BCUT2D eigenvalue weighted by Crippen LogP contribution is 2.23. The molecule has 0 aromatic rings. The molecule has 1 fully saturated rings. The summed E-state index contributed by atoms with van der Waals surface area (Å²) in [6.07, 6.45) is 3.26. The van der Waals surface area contributed by atoms with Gasteiger partial charge in [0.2, 0.25) is 0 Å². The molecule has 1 nitrogen and oxygen atoms in total. The molecule has 0 saturated heterocycles. The lowest BCUT2D eigenvalue weighted by Crippen LogP contribution is -2.24. The molecular formula is C8H13O.